The topological polar surface area (TPSA) is 131 Å². The Morgan fingerprint density at radius 2 is 1.73 bits per heavy atom. The number of hydrogen-bond donors (Lipinski definition) is 3. The van der Waals surface area contributed by atoms with Gasteiger partial charge in [-0.1, -0.05) is 48.4 Å². The third kappa shape index (κ3) is 8.73. The molecule has 0 radical (unpaired) electrons. The number of para-hydroxylation sites is 1. The van der Waals surface area contributed by atoms with E-state index in [-0.39, 0.29) is 19.4 Å². The molecule has 0 spiro atoms. The number of anilines is 1. The summed E-state index contributed by atoms with van der Waals surface area (Å²) in [6, 6.07) is 9.99. The van der Waals surface area contributed by atoms with Crippen LogP contribution in [0.2, 0.25) is 0 Å². The van der Waals surface area contributed by atoms with Crippen LogP contribution in [0.3, 0.4) is 0 Å². The fourth-order valence-corrected chi connectivity index (χ4v) is 4.18. The zero-order valence-electron chi connectivity index (χ0n) is 23.7. The first-order chi connectivity index (χ1) is 18.8. The lowest BCUT2D eigenvalue weighted by Crippen LogP contribution is -2.52. The van der Waals surface area contributed by atoms with Crippen LogP contribution in [0, 0.1) is 26.2 Å². The molecule has 4 amide bonds. The van der Waals surface area contributed by atoms with Crippen LogP contribution in [-0.2, 0) is 19.1 Å². The van der Waals surface area contributed by atoms with E-state index in [1.165, 1.54) is 11.0 Å². The van der Waals surface area contributed by atoms with Crippen LogP contribution in [0.25, 0.3) is 0 Å². The Labute approximate surface area is 236 Å². The van der Waals surface area contributed by atoms with Gasteiger partial charge in [0.15, 0.2) is 0 Å². The SMILES string of the molecule is C#Cc1ccccc1C(C(=O)Nc1c(C)cccc1C)N(CC=C)C(=O)C(CCC(N)=O)NC(=O)OC(C)(C)C. The van der Waals surface area contributed by atoms with Gasteiger partial charge in [-0.05, 0) is 63.8 Å². The number of carbonyl (C=O) groups is 4. The summed E-state index contributed by atoms with van der Waals surface area (Å²) in [5.74, 6) is 0.783. The molecule has 9 nitrogen and oxygen atoms in total. The Morgan fingerprint density at radius 3 is 2.27 bits per heavy atom. The summed E-state index contributed by atoms with van der Waals surface area (Å²) in [6.45, 7) is 12.5. The molecule has 0 aliphatic rings. The second-order valence-corrected chi connectivity index (χ2v) is 10.4. The third-order valence-corrected chi connectivity index (χ3v) is 5.98. The van der Waals surface area contributed by atoms with Crippen molar-refractivity contribution in [2.24, 2.45) is 5.73 Å². The molecule has 2 atom stereocenters. The molecular formula is C31H38N4O5. The minimum absolute atomic E-state index is 0.0638. The molecule has 9 heteroatoms. The number of hydrogen-bond acceptors (Lipinski definition) is 5. The van der Waals surface area contributed by atoms with E-state index in [0.717, 1.165) is 11.1 Å². The maximum absolute atomic E-state index is 14.1. The van der Waals surface area contributed by atoms with Gasteiger partial charge in [0.25, 0.3) is 5.91 Å². The van der Waals surface area contributed by atoms with E-state index in [9.17, 15) is 19.2 Å². The summed E-state index contributed by atoms with van der Waals surface area (Å²) >= 11 is 0. The fraction of sp³-hybridized carbons (Fsp3) is 0.355. The molecule has 40 heavy (non-hydrogen) atoms. The Kier molecular flexibility index (Phi) is 11.1. The van der Waals surface area contributed by atoms with Gasteiger partial charge < -0.3 is 26.0 Å². The number of terminal acetylenes is 1. The molecule has 2 unspecified atom stereocenters. The first-order valence-electron chi connectivity index (χ1n) is 12.9. The smallest absolute Gasteiger partial charge is 0.408 e. The van der Waals surface area contributed by atoms with Gasteiger partial charge in [-0.2, -0.15) is 0 Å². The van der Waals surface area contributed by atoms with Crippen molar-refractivity contribution < 1.29 is 23.9 Å². The molecule has 2 aromatic rings. The molecule has 4 N–H and O–H groups in total. The van der Waals surface area contributed by atoms with Crippen LogP contribution in [0.1, 0.15) is 61.9 Å². The Morgan fingerprint density at radius 1 is 1.10 bits per heavy atom. The van der Waals surface area contributed by atoms with Gasteiger partial charge in [0.1, 0.15) is 17.7 Å². The van der Waals surface area contributed by atoms with Crippen LogP contribution in [0.15, 0.2) is 55.1 Å². The van der Waals surface area contributed by atoms with Crippen LogP contribution in [0.4, 0.5) is 10.5 Å². The van der Waals surface area contributed by atoms with E-state index in [4.69, 9.17) is 16.9 Å². The highest BCUT2D eigenvalue weighted by Gasteiger charge is 2.37. The van der Waals surface area contributed by atoms with Crippen molar-refractivity contribution in [1.29, 1.82) is 0 Å². The van der Waals surface area contributed by atoms with Gasteiger partial charge in [-0.3, -0.25) is 14.4 Å². The first-order valence-corrected chi connectivity index (χ1v) is 12.9. The van der Waals surface area contributed by atoms with E-state index in [0.29, 0.717) is 16.8 Å². The number of nitrogens with zero attached hydrogens (tertiary/aromatic N) is 1. The number of alkyl carbamates (subject to hydrolysis) is 1. The Balaban J connectivity index is 2.62. The fourth-order valence-electron chi connectivity index (χ4n) is 4.18. The second-order valence-electron chi connectivity index (χ2n) is 10.4. The Bertz CT molecular complexity index is 1290. The van der Waals surface area contributed by atoms with Crippen LogP contribution < -0.4 is 16.4 Å². The zero-order valence-corrected chi connectivity index (χ0v) is 23.7. The maximum atomic E-state index is 14.1. The largest absolute Gasteiger partial charge is 0.444 e. The molecule has 2 aromatic carbocycles. The lowest BCUT2D eigenvalue weighted by atomic mass is 9.96. The minimum atomic E-state index is -1.23. The molecule has 212 valence electrons. The van der Waals surface area contributed by atoms with E-state index in [1.807, 2.05) is 32.0 Å². The average Bonchev–Trinajstić information content (AvgIpc) is 2.87. The number of nitrogens with one attached hydrogen (secondary N) is 2. The zero-order chi connectivity index (χ0) is 30.0. The number of primary amides is 1. The van der Waals surface area contributed by atoms with Crippen molar-refractivity contribution in [1.82, 2.24) is 10.2 Å². The summed E-state index contributed by atoms with van der Waals surface area (Å²) in [6.07, 6.45) is 6.09. The van der Waals surface area contributed by atoms with Crippen molar-refractivity contribution in [2.45, 2.75) is 65.1 Å². The predicted octanol–water partition coefficient (Wildman–Crippen LogP) is 4.14. The standard InChI is InChI=1S/C31H38N4O5/c1-8-19-35(29(38)24(17-18-25(32)36)33-30(39)40-31(5,6)7)27(23-16-11-10-15-22(23)9-2)28(37)34-26-20(3)13-12-14-21(26)4/h2,8,10-16,24,27H,1,17-19H2,3-7H3,(H2,32,36)(H,33,39)(H,34,37). The molecule has 0 aliphatic carbocycles. The summed E-state index contributed by atoms with van der Waals surface area (Å²) in [4.78, 5) is 53.6. The van der Waals surface area contributed by atoms with Gasteiger partial charge in [0.05, 0.1) is 0 Å². The van der Waals surface area contributed by atoms with Crippen molar-refractivity contribution in [3.05, 3.63) is 77.4 Å². The van der Waals surface area contributed by atoms with Gasteiger partial charge in [-0.15, -0.1) is 13.0 Å². The van der Waals surface area contributed by atoms with E-state index >= 15 is 0 Å². The number of benzene rings is 2. The normalized spacial score (nSPS) is 12.3. The van der Waals surface area contributed by atoms with Gasteiger partial charge in [-0.25, -0.2) is 4.79 Å². The van der Waals surface area contributed by atoms with Gasteiger partial charge >= 0.3 is 6.09 Å². The van der Waals surface area contributed by atoms with Crippen molar-refractivity contribution in [2.75, 3.05) is 11.9 Å². The molecule has 0 aliphatic heterocycles. The molecule has 0 fully saturated rings. The highest BCUT2D eigenvalue weighted by atomic mass is 16.6. The highest BCUT2D eigenvalue weighted by molar-refractivity contribution is 6.00. The lowest BCUT2D eigenvalue weighted by molar-refractivity contribution is -0.140. The average molecular weight is 547 g/mol. The number of aryl methyl sites for hydroxylation is 2. The van der Waals surface area contributed by atoms with Crippen molar-refractivity contribution >= 4 is 29.5 Å². The minimum Gasteiger partial charge on any atom is -0.444 e. The molecule has 0 saturated carbocycles. The van der Waals surface area contributed by atoms with Crippen molar-refractivity contribution in [3.8, 4) is 12.3 Å². The lowest BCUT2D eigenvalue weighted by Gasteiger charge is -2.34. The summed E-state index contributed by atoms with van der Waals surface area (Å²) in [5, 5.41) is 5.50. The molecule has 0 heterocycles. The number of amides is 4. The van der Waals surface area contributed by atoms with Crippen LogP contribution in [0.5, 0.6) is 0 Å². The van der Waals surface area contributed by atoms with Crippen molar-refractivity contribution in [3.63, 3.8) is 0 Å². The van der Waals surface area contributed by atoms with E-state index < -0.39 is 41.5 Å². The molecule has 2 rings (SSSR count). The molecule has 0 bridgehead atoms. The highest BCUT2D eigenvalue weighted by Crippen LogP contribution is 2.29. The molecular weight excluding hydrogens is 508 g/mol. The Hall–Kier alpha value is -4.58. The third-order valence-electron chi connectivity index (χ3n) is 5.98. The second kappa shape index (κ2) is 14.0. The molecule has 0 aromatic heterocycles. The first kappa shape index (κ1) is 31.6. The van der Waals surface area contributed by atoms with E-state index in [1.54, 1.807) is 45.0 Å². The number of ether oxygens (including phenoxy) is 1. The van der Waals surface area contributed by atoms with Gasteiger partial charge in [0, 0.05) is 24.2 Å². The van der Waals surface area contributed by atoms with E-state index in [2.05, 4.69) is 23.1 Å². The molecule has 0 saturated heterocycles. The summed E-state index contributed by atoms with van der Waals surface area (Å²) < 4.78 is 5.34. The number of rotatable bonds is 11. The number of carbonyl (C=O) groups excluding carboxylic acids is 4. The van der Waals surface area contributed by atoms with Crippen LogP contribution >= 0.6 is 0 Å². The summed E-state index contributed by atoms with van der Waals surface area (Å²) in [5.41, 5.74) is 7.63. The monoisotopic (exact) mass is 546 g/mol. The predicted molar refractivity (Wildman–Crippen MR) is 155 cm³/mol. The van der Waals surface area contributed by atoms with Gasteiger partial charge in [0.2, 0.25) is 11.8 Å². The quantitative estimate of drug-likeness (QED) is 0.288. The number of nitrogens with two attached hydrogens (primary N) is 1. The van der Waals surface area contributed by atoms with Crippen LogP contribution in [-0.4, -0.2) is 46.9 Å². The maximum Gasteiger partial charge on any atom is 0.408 e. The summed E-state index contributed by atoms with van der Waals surface area (Å²) in [7, 11) is 0.